The first-order valence-corrected chi connectivity index (χ1v) is 9.66. The lowest BCUT2D eigenvalue weighted by molar-refractivity contribution is 0.101. The lowest BCUT2D eigenvalue weighted by Crippen LogP contribution is -2.01. The second-order valence-electron chi connectivity index (χ2n) is 6.35. The fourth-order valence-corrected chi connectivity index (χ4v) is 4.02. The van der Waals surface area contributed by atoms with Crippen LogP contribution in [0.5, 0.6) is 0 Å². The van der Waals surface area contributed by atoms with Gasteiger partial charge in [-0.15, -0.1) is 11.3 Å². The summed E-state index contributed by atoms with van der Waals surface area (Å²) >= 11 is 1.47. The number of carbonyl (C=O) groups excluding carboxylic acids is 1. The second-order valence-corrected chi connectivity index (χ2v) is 7.35. The lowest BCUT2D eigenvalue weighted by Gasteiger charge is -2.06. The molecule has 3 aromatic rings. The van der Waals surface area contributed by atoms with Gasteiger partial charge in [0.05, 0.1) is 21.8 Å². The first kappa shape index (κ1) is 19.5. The van der Waals surface area contributed by atoms with E-state index in [9.17, 15) is 4.79 Å². The van der Waals surface area contributed by atoms with Gasteiger partial charge in [-0.25, -0.2) is 4.98 Å². The molecular weight excluding hydrogens is 368 g/mol. The van der Waals surface area contributed by atoms with Crippen LogP contribution >= 0.6 is 11.3 Å². The Morgan fingerprint density at radius 3 is 2.50 bits per heavy atom. The number of hydrogen-bond acceptors (Lipinski definition) is 6. The molecule has 0 atom stereocenters. The number of benzene rings is 1. The molecule has 4 N–H and O–H groups in total. The minimum atomic E-state index is 0.00438. The number of nitrogens with two attached hydrogens (primary N) is 2. The summed E-state index contributed by atoms with van der Waals surface area (Å²) in [7, 11) is 0. The summed E-state index contributed by atoms with van der Waals surface area (Å²) in [5.41, 5.74) is 17.4. The van der Waals surface area contributed by atoms with Crippen molar-refractivity contribution in [1.82, 2.24) is 9.97 Å². The zero-order chi connectivity index (χ0) is 20.3. The average Bonchev–Trinajstić information content (AvgIpc) is 3.13. The normalized spacial score (nSPS) is 12.6. The monoisotopic (exact) mass is 390 g/mol. The minimum absolute atomic E-state index is 0.00438. The zero-order valence-corrected chi connectivity index (χ0v) is 16.9. The Morgan fingerprint density at radius 2 is 1.89 bits per heavy atom. The fourth-order valence-electron chi connectivity index (χ4n) is 2.83. The molecule has 2 aromatic heterocycles. The van der Waals surface area contributed by atoms with Crippen molar-refractivity contribution < 1.29 is 4.79 Å². The minimum Gasteiger partial charge on any atom is -0.402 e. The van der Waals surface area contributed by atoms with Crippen LogP contribution in [-0.4, -0.2) is 15.8 Å². The van der Waals surface area contributed by atoms with E-state index >= 15 is 0 Å². The van der Waals surface area contributed by atoms with Crippen molar-refractivity contribution in [3.8, 4) is 11.3 Å². The van der Waals surface area contributed by atoms with E-state index in [1.165, 1.54) is 11.3 Å². The Hall–Kier alpha value is -3.25. The number of pyridine rings is 1. The molecule has 0 saturated carbocycles. The summed E-state index contributed by atoms with van der Waals surface area (Å²) in [4.78, 5) is 21.9. The molecule has 1 aromatic carbocycles. The predicted octanol–water partition coefficient (Wildman–Crippen LogP) is 4.47. The summed E-state index contributed by atoms with van der Waals surface area (Å²) in [6.45, 7) is 5.26. The van der Waals surface area contributed by atoms with Crippen molar-refractivity contribution >= 4 is 28.4 Å². The van der Waals surface area contributed by atoms with Crippen LogP contribution in [0.3, 0.4) is 0 Å². The van der Waals surface area contributed by atoms with Crippen molar-refractivity contribution in [3.05, 3.63) is 81.6 Å². The van der Waals surface area contributed by atoms with Crippen LogP contribution in [0.15, 0.2) is 60.4 Å². The summed E-state index contributed by atoms with van der Waals surface area (Å²) in [5.74, 6) is 0.00438. The molecule has 0 unspecified atom stereocenters. The lowest BCUT2D eigenvalue weighted by atomic mass is 10.0. The third kappa shape index (κ3) is 3.87. The van der Waals surface area contributed by atoms with E-state index in [2.05, 4.69) is 4.98 Å². The largest absolute Gasteiger partial charge is 0.402 e. The highest BCUT2D eigenvalue weighted by Crippen LogP contribution is 2.37. The van der Waals surface area contributed by atoms with E-state index in [1.54, 1.807) is 19.2 Å². The van der Waals surface area contributed by atoms with Crippen LogP contribution < -0.4 is 11.5 Å². The molecule has 3 rings (SSSR count). The van der Waals surface area contributed by atoms with E-state index < -0.39 is 0 Å². The molecular formula is C22H22N4OS. The van der Waals surface area contributed by atoms with E-state index in [0.29, 0.717) is 17.0 Å². The quantitative estimate of drug-likeness (QED) is 0.627. The first-order chi connectivity index (χ1) is 13.4. The Bertz CT molecular complexity index is 1080. The smallest absolute Gasteiger partial charge is 0.159 e. The highest BCUT2D eigenvalue weighted by atomic mass is 32.1. The molecule has 28 heavy (non-hydrogen) atoms. The van der Waals surface area contributed by atoms with Crippen molar-refractivity contribution in [2.75, 3.05) is 0 Å². The highest BCUT2D eigenvalue weighted by molar-refractivity contribution is 7.14. The molecule has 0 aliphatic rings. The zero-order valence-electron chi connectivity index (χ0n) is 16.1. The number of Topliss-reactive ketones (excluding diaryl/α,β-unsaturated/α-hetero) is 1. The fraction of sp³-hybridized carbons (Fsp3) is 0.136. The van der Waals surface area contributed by atoms with Gasteiger partial charge in [-0.05, 0) is 39.0 Å². The Kier molecular flexibility index (Phi) is 5.70. The van der Waals surface area contributed by atoms with E-state index in [4.69, 9.17) is 16.5 Å². The molecule has 0 radical (unpaired) electrons. The van der Waals surface area contributed by atoms with Crippen LogP contribution in [0.2, 0.25) is 0 Å². The number of allylic oxidation sites excluding steroid dienone is 2. The van der Waals surface area contributed by atoms with Gasteiger partial charge >= 0.3 is 0 Å². The second kappa shape index (κ2) is 8.19. The maximum atomic E-state index is 11.8. The van der Waals surface area contributed by atoms with Crippen LogP contribution in [0.25, 0.3) is 22.5 Å². The molecule has 0 amide bonds. The van der Waals surface area contributed by atoms with Crippen LogP contribution in [0, 0.1) is 0 Å². The SMILES string of the molecule is CC=C(N)c1sc(C(=C(C)N)c2ccccn2)nc1-c1cccc(C(C)=O)c1. The first-order valence-electron chi connectivity index (χ1n) is 8.84. The average molecular weight is 391 g/mol. The van der Waals surface area contributed by atoms with Gasteiger partial charge in [0, 0.05) is 28.7 Å². The van der Waals surface area contributed by atoms with Crippen molar-refractivity contribution in [2.24, 2.45) is 11.5 Å². The maximum Gasteiger partial charge on any atom is 0.159 e. The Morgan fingerprint density at radius 1 is 1.11 bits per heavy atom. The van der Waals surface area contributed by atoms with Gasteiger partial charge in [0.25, 0.3) is 0 Å². The van der Waals surface area contributed by atoms with Crippen LogP contribution in [0.1, 0.15) is 46.7 Å². The predicted molar refractivity (Wildman–Crippen MR) is 116 cm³/mol. The van der Waals surface area contributed by atoms with E-state index in [-0.39, 0.29) is 5.78 Å². The summed E-state index contributed by atoms with van der Waals surface area (Å²) < 4.78 is 0. The van der Waals surface area contributed by atoms with Gasteiger partial charge in [0.15, 0.2) is 5.78 Å². The molecule has 0 spiro atoms. The summed E-state index contributed by atoms with van der Waals surface area (Å²) in [5, 5.41) is 0.738. The van der Waals surface area contributed by atoms with Gasteiger partial charge in [-0.2, -0.15) is 0 Å². The van der Waals surface area contributed by atoms with E-state index in [1.807, 2.05) is 56.3 Å². The molecule has 0 aliphatic heterocycles. The molecule has 2 heterocycles. The third-order valence-electron chi connectivity index (χ3n) is 4.27. The molecule has 6 heteroatoms. The van der Waals surface area contributed by atoms with Gasteiger partial charge in [-0.3, -0.25) is 9.78 Å². The topological polar surface area (TPSA) is 94.9 Å². The summed E-state index contributed by atoms with van der Waals surface area (Å²) in [6.07, 6.45) is 3.57. The van der Waals surface area contributed by atoms with Gasteiger partial charge in [0.1, 0.15) is 5.01 Å². The van der Waals surface area contributed by atoms with Gasteiger partial charge in [0.2, 0.25) is 0 Å². The maximum absolute atomic E-state index is 11.8. The van der Waals surface area contributed by atoms with Crippen molar-refractivity contribution in [3.63, 3.8) is 0 Å². The molecule has 0 aliphatic carbocycles. The Labute approximate surface area is 168 Å². The molecule has 0 bridgehead atoms. The number of ketones is 1. The summed E-state index contributed by atoms with van der Waals surface area (Å²) in [6, 6.07) is 13.1. The number of thiazole rings is 1. The van der Waals surface area contributed by atoms with E-state index in [0.717, 1.165) is 32.4 Å². The highest BCUT2D eigenvalue weighted by Gasteiger charge is 2.20. The molecule has 142 valence electrons. The van der Waals surface area contributed by atoms with Crippen LogP contribution in [0.4, 0.5) is 0 Å². The number of rotatable bonds is 5. The van der Waals surface area contributed by atoms with Crippen LogP contribution in [-0.2, 0) is 0 Å². The number of carbonyl (C=O) groups is 1. The Balaban J connectivity index is 2.23. The number of aromatic nitrogens is 2. The number of hydrogen-bond donors (Lipinski definition) is 2. The van der Waals surface area contributed by atoms with Crippen molar-refractivity contribution in [2.45, 2.75) is 20.8 Å². The molecule has 0 fully saturated rings. The van der Waals surface area contributed by atoms with Gasteiger partial charge < -0.3 is 11.5 Å². The third-order valence-corrected chi connectivity index (χ3v) is 5.39. The van der Waals surface area contributed by atoms with Gasteiger partial charge in [-0.1, -0.05) is 30.3 Å². The molecule has 0 saturated heterocycles. The standard InChI is InChI=1S/C22H22N4OS/c1-4-17(24)21-20(16-9-7-8-15(12-16)14(3)27)26-22(28-21)19(13(2)23)18-10-5-6-11-25-18/h4-12H,23-24H2,1-3H3. The van der Waals surface area contributed by atoms with Crippen molar-refractivity contribution in [1.29, 1.82) is 0 Å². The number of nitrogens with zero attached hydrogens (tertiary/aromatic N) is 2. The molecule has 5 nitrogen and oxygen atoms in total.